The van der Waals surface area contributed by atoms with Gasteiger partial charge in [0.15, 0.2) is 0 Å². The minimum atomic E-state index is 0.305. The highest BCUT2D eigenvalue weighted by atomic mass is 16.4. The van der Waals surface area contributed by atoms with E-state index in [0.717, 1.165) is 12.5 Å². The number of hydrogen-bond acceptors (Lipinski definition) is 2. The van der Waals surface area contributed by atoms with Crippen LogP contribution in [0.1, 0.15) is 38.5 Å². The molecule has 0 aromatic carbocycles. The number of hydrogen-bond donors (Lipinski definition) is 2. The van der Waals surface area contributed by atoms with E-state index >= 15 is 0 Å². The Hall–Kier alpha value is -0.930. The van der Waals surface area contributed by atoms with Gasteiger partial charge in [-0.1, -0.05) is 18.0 Å². The quantitative estimate of drug-likeness (QED) is 0.288. The number of oxime groups is 1. The van der Waals surface area contributed by atoms with E-state index in [9.17, 15) is 0 Å². The molecule has 0 aromatic rings. The van der Waals surface area contributed by atoms with Gasteiger partial charge in [-0.15, -0.1) is 0 Å². The van der Waals surface area contributed by atoms with Gasteiger partial charge in [-0.05, 0) is 31.6 Å². The Balaban J connectivity index is 2.02. The molecule has 1 heterocycles. The Morgan fingerprint density at radius 1 is 1.21 bits per heavy atom. The minimum Gasteiger partial charge on any atom is -0.408 e. The Labute approximate surface area is 84.8 Å². The number of nitrogens with zero attached hydrogens (tertiary/aromatic N) is 2. The van der Waals surface area contributed by atoms with Crippen LogP contribution in [0.4, 0.5) is 0 Å². The van der Waals surface area contributed by atoms with Crippen molar-refractivity contribution in [3.05, 3.63) is 0 Å². The zero-order chi connectivity index (χ0) is 9.97. The molecule has 1 unspecified atom stereocenters. The van der Waals surface area contributed by atoms with Gasteiger partial charge < -0.3 is 15.8 Å². The van der Waals surface area contributed by atoms with Crippen LogP contribution in [0, 0.1) is 5.92 Å². The average Bonchev–Trinajstić information content (AvgIpc) is 2.85. The molecule has 1 atom stereocenters. The fourth-order valence-corrected chi connectivity index (χ4v) is 2.97. The van der Waals surface area contributed by atoms with E-state index in [4.69, 9.17) is 10.9 Å². The van der Waals surface area contributed by atoms with Crippen LogP contribution in [-0.2, 0) is 0 Å². The van der Waals surface area contributed by atoms with Crippen LogP contribution < -0.4 is 5.73 Å². The van der Waals surface area contributed by atoms with Crippen LogP contribution in [0.3, 0.4) is 0 Å². The number of nitrogens with two attached hydrogens (primary N) is 1. The highest BCUT2D eigenvalue weighted by Crippen LogP contribution is 2.35. The van der Waals surface area contributed by atoms with Crippen molar-refractivity contribution < 1.29 is 5.21 Å². The summed E-state index contributed by atoms with van der Waals surface area (Å²) in [6.45, 7) is 0.955. The molecule has 0 amide bonds. The second-order valence-electron chi connectivity index (χ2n) is 4.41. The van der Waals surface area contributed by atoms with E-state index in [-0.39, 0.29) is 0 Å². The number of guanidine groups is 1. The van der Waals surface area contributed by atoms with Crippen molar-refractivity contribution in [1.82, 2.24) is 4.90 Å². The molecule has 1 aliphatic heterocycles. The van der Waals surface area contributed by atoms with E-state index in [0.29, 0.717) is 12.0 Å². The van der Waals surface area contributed by atoms with Crippen molar-refractivity contribution in [1.29, 1.82) is 0 Å². The maximum Gasteiger partial charge on any atom is 0.233 e. The summed E-state index contributed by atoms with van der Waals surface area (Å²) < 4.78 is 0. The summed E-state index contributed by atoms with van der Waals surface area (Å²) in [6, 6.07) is 0.536. The van der Waals surface area contributed by atoms with Crippen molar-refractivity contribution in [2.75, 3.05) is 6.54 Å². The van der Waals surface area contributed by atoms with Crippen molar-refractivity contribution >= 4 is 5.96 Å². The van der Waals surface area contributed by atoms with E-state index in [1.54, 1.807) is 0 Å². The summed E-state index contributed by atoms with van der Waals surface area (Å²) in [5.41, 5.74) is 5.66. The minimum absolute atomic E-state index is 0.305. The standard InChI is InChI=1S/C10H19N3O/c11-10(12-14)13-7-3-6-9(13)8-4-1-2-5-8/h8-9,14H,1-7H2,(H2,11,12). The predicted molar refractivity (Wildman–Crippen MR) is 55.1 cm³/mol. The summed E-state index contributed by atoms with van der Waals surface area (Å²) in [5, 5.41) is 11.8. The van der Waals surface area contributed by atoms with Gasteiger partial charge >= 0.3 is 0 Å². The van der Waals surface area contributed by atoms with Crippen LogP contribution in [-0.4, -0.2) is 28.7 Å². The lowest BCUT2D eigenvalue weighted by Crippen LogP contribution is -2.43. The third-order valence-corrected chi connectivity index (χ3v) is 3.64. The fraction of sp³-hybridized carbons (Fsp3) is 0.900. The van der Waals surface area contributed by atoms with Gasteiger partial charge in [0.1, 0.15) is 0 Å². The zero-order valence-electron chi connectivity index (χ0n) is 8.52. The van der Waals surface area contributed by atoms with Crippen molar-refractivity contribution in [3.63, 3.8) is 0 Å². The molecular weight excluding hydrogens is 178 g/mol. The largest absolute Gasteiger partial charge is 0.408 e. The van der Waals surface area contributed by atoms with Crippen LogP contribution >= 0.6 is 0 Å². The summed E-state index contributed by atoms with van der Waals surface area (Å²) in [5.74, 6) is 1.08. The van der Waals surface area contributed by atoms with Crippen molar-refractivity contribution in [2.24, 2.45) is 16.8 Å². The molecule has 0 bridgehead atoms. The molecule has 80 valence electrons. The summed E-state index contributed by atoms with van der Waals surface area (Å²) in [6.07, 6.45) is 7.73. The van der Waals surface area contributed by atoms with Crippen LogP contribution in [0.5, 0.6) is 0 Å². The molecule has 1 aliphatic carbocycles. The monoisotopic (exact) mass is 197 g/mol. The molecule has 2 aliphatic rings. The Morgan fingerprint density at radius 3 is 2.57 bits per heavy atom. The first-order chi connectivity index (χ1) is 6.83. The summed E-state index contributed by atoms with van der Waals surface area (Å²) in [4.78, 5) is 2.08. The van der Waals surface area contributed by atoms with Gasteiger partial charge in [0.05, 0.1) is 0 Å². The summed E-state index contributed by atoms with van der Waals surface area (Å²) >= 11 is 0. The zero-order valence-corrected chi connectivity index (χ0v) is 8.52. The third kappa shape index (κ3) is 1.65. The lowest BCUT2D eigenvalue weighted by molar-refractivity contribution is 0.254. The van der Waals surface area contributed by atoms with Gasteiger partial charge in [0, 0.05) is 12.6 Å². The van der Waals surface area contributed by atoms with Crippen molar-refractivity contribution in [3.8, 4) is 0 Å². The lowest BCUT2D eigenvalue weighted by Gasteiger charge is -2.29. The predicted octanol–water partition coefficient (Wildman–Crippen LogP) is 1.34. The van der Waals surface area contributed by atoms with Crippen LogP contribution in [0.2, 0.25) is 0 Å². The molecular formula is C10H19N3O. The smallest absolute Gasteiger partial charge is 0.233 e. The molecule has 4 nitrogen and oxygen atoms in total. The molecule has 0 radical (unpaired) electrons. The molecule has 2 fully saturated rings. The van der Waals surface area contributed by atoms with E-state index < -0.39 is 0 Å². The van der Waals surface area contributed by atoms with Gasteiger partial charge in [-0.3, -0.25) is 0 Å². The fourth-order valence-electron chi connectivity index (χ4n) is 2.97. The molecule has 4 heteroatoms. The second kappa shape index (κ2) is 4.07. The first kappa shape index (κ1) is 9.62. The molecule has 0 spiro atoms. The summed E-state index contributed by atoms with van der Waals surface area (Å²) in [7, 11) is 0. The topological polar surface area (TPSA) is 61.9 Å². The third-order valence-electron chi connectivity index (χ3n) is 3.64. The highest BCUT2D eigenvalue weighted by Gasteiger charge is 2.34. The molecule has 1 saturated carbocycles. The first-order valence-electron chi connectivity index (χ1n) is 5.57. The van der Waals surface area contributed by atoms with Crippen LogP contribution in [0.25, 0.3) is 0 Å². The van der Waals surface area contributed by atoms with E-state index in [1.807, 2.05) is 0 Å². The SMILES string of the molecule is N/C(=N\O)N1CCCC1C1CCCC1. The molecule has 2 rings (SSSR count). The van der Waals surface area contributed by atoms with Crippen molar-refractivity contribution in [2.45, 2.75) is 44.6 Å². The Bertz CT molecular complexity index is 223. The van der Waals surface area contributed by atoms with Gasteiger partial charge in [0.25, 0.3) is 0 Å². The number of rotatable bonds is 1. The van der Waals surface area contributed by atoms with Crippen LogP contribution in [0.15, 0.2) is 5.16 Å². The van der Waals surface area contributed by atoms with E-state index in [1.165, 1.54) is 38.5 Å². The van der Waals surface area contributed by atoms with Gasteiger partial charge in [-0.25, -0.2) is 0 Å². The molecule has 1 saturated heterocycles. The second-order valence-corrected chi connectivity index (χ2v) is 4.41. The Kier molecular flexibility index (Phi) is 2.79. The normalized spacial score (nSPS) is 30.1. The first-order valence-corrected chi connectivity index (χ1v) is 5.57. The molecule has 14 heavy (non-hydrogen) atoms. The maximum atomic E-state index is 8.68. The lowest BCUT2D eigenvalue weighted by atomic mass is 9.96. The van der Waals surface area contributed by atoms with Gasteiger partial charge in [-0.2, -0.15) is 0 Å². The number of likely N-dealkylation sites (tertiary alicyclic amines) is 1. The highest BCUT2D eigenvalue weighted by molar-refractivity contribution is 5.78. The molecule has 0 aromatic heterocycles. The van der Waals surface area contributed by atoms with E-state index in [2.05, 4.69) is 10.1 Å². The Morgan fingerprint density at radius 2 is 1.93 bits per heavy atom. The maximum absolute atomic E-state index is 8.68. The average molecular weight is 197 g/mol. The molecule has 3 N–H and O–H groups in total. The van der Waals surface area contributed by atoms with Gasteiger partial charge in [0.2, 0.25) is 5.96 Å².